The highest BCUT2D eigenvalue weighted by atomic mass is 32.1. The van der Waals surface area contributed by atoms with Crippen molar-refractivity contribution in [2.45, 2.75) is 33.7 Å². The molecule has 1 aromatic heterocycles. The van der Waals surface area contributed by atoms with Crippen LogP contribution in [0.5, 0.6) is 0 Å². The lowest BCUT2D eigenvalue weighted by Gasteiger charge is -2.22. The van der Waals surface area contributed by atoms with Crippen molar-refractivity contribution in [1.29, 1.82) is 0 Å². The van der Waals surface area contributed by atoms with E-state index in [9.17, 15) is 4.79 Å². The number of nitrogens with one attached hydrogen (secondary N) is 1. The fourth-order valence-electron chi connectivity index (χ4n) is 1.25. The summed E-state index contributed by atoms with van der Waals surface area (Å²) in [5, 5.41) is 5.21. The van der Waals surface area contributed by atoms with E-state index < -0.39 is 0 Å². The number of amides is 1. The molecule has 0 unspecified atom stereocenters. The van der Waals surface area contributed by atoms with Crippen LogP contribution in [0.3, 0.4) is 0 Å². The molecule has 1 amide bonds. The number of carbonyl (C=O) groups is 1. The highest BCUT2D eigenvalue weighted by Crippen LogP contribution is 2.19. The Morgan fingerprint density at radius 3 is 2.75 bits per heavy atom. The molecule has 0 fully saturated rings. The summed E-state index contributed by atoms with van der Waals surface area (Å²) < 4.78 is 0. The fraction of sp³-hybridized carbons (Fsp3) is 0.583. The Labute approximate surface area is 101 Å². The van der Waals surface area contributed by atoms with E-state index in [4.69, 9.17) is 5.73 Å². The van der Waals surface area contributed by atoms with Gasteiger partial charge in [-0.25, -0.2) is 0 Å². The molecule has 0 bridgehead atoms. The Bertz CT molecular complexity index is 358. The molecule has 0 aliphatic carbocycles. The molecule has 0 spiro atoms. The monoisotopic (exact) mass is 240 g/mol. The lowest BCUT2D eigenvalue weighted by molar-refractivity contribution is 0.100. The topological polar surface area (TPSA) is 55.1 Å². The van der Waals surface area contributed by atoms with Crippen LogP contribution in [0, 0.1) is 5.41 Å². The van der Waals surface area contributed by atoms with E-state index in [0.717, 1.165) is 24.4 Å². The minimum Gasteiger partial charge on any atom is -0.366 e. The van der Waals surface area contributed by atoms with Gasteiger partial charge in [0, 0.05) is 23.3 Å². The third-order valence-electron chi connectivity index (χ3n) is 2.80. The van der Waals surface area contributed by atoms with Crippen LogP contribution in [0.1, 0.15) is 42.4 Å². The lowest BCUT2D eigenvalue weighted by atomic mass is 9.90. The van der Waals surface area contributed by atoms with Crippen LogP contribution in [0.4, 0.5) is 0 Å². The number of hydrogen-bond acceptors (Lipinski definition) is 3. The molecule has 0 atom stereocenters. The summed E-state index contributed by atoms with van der Waals surface area (Å²) in [7, 11) is 0. The minimum atomic E-state index is -0.351. The maximum absolute atomic E-state index is 10.9. The van der Waals surface area contributed by atoms with Crippen LogP contribution >= 0.6 is 11.3 Å². The molecule has 0 saturated heterocycles. The molecule has 4 heteroatoms. The molecule has 0 aromatic carbocycles. The second-order valence-electron chi connectivity index (χ2n) is 4.79. The molecular weight excluding hydrogens is 220 g/mol. The zero-order chi connectivity index (χ0) is 12.2. The summed E-state index contributed by atoms with van der Waals surface area (Å²) in [6.07, 6.45) is 1.15. The molecule has 3 N–H and O–H groups in total. The maximum atomic E-state index is 10.9. The average Bonchev–Trinajstić information content (AvgIpc) is 2.66. The van der Waals surface area contributed by atoms with Crippen molar-refractivity contribution in [1.82, 2.24) is 5.32 Å². The predicted molar refractivity (Wildman–Crippen MR) is 68.6 cm³/mol. The van der Waals surface area contributed by atoms with Crippen molar-refractivity contribution in [2.75, 3.05) is 6.54 Å². The van der Waals surface area contributed by atoms with E-state index in [2.05, 4.69) is 26.1 Å². The van der Waals surface area contributed by atoms with Gasteiger partial charge in [0.2, 0.25) is 5.91 Å². The highest BCUT2D eigenvalue weighted by molar-refractivity contribution is 7.10. The number of primary amides is 1. The van der Waals surface area contributed by atoms with Crippen molar-refractivity contribution >= 4 is 17.2 Å². The van der Waals surface area contributed by atoms with Crippen LogP contribution in [-0.4, -0.2) is 12.5 Å². The van der Waals surface area contributed by atoms with Gasteiger partial charge in [-0.1, -0.05) is 20.8 Å². The molecule has 0 radical (unpaired) electrons. The quantitative estimate of drug-likeness (QED) is 0.802. The van der Waals surface area contributed by atoms with Crippen LogP contribution in [-0.2, 0) is 6.54 Å². The Balaban J connectivity index is 2.40. The van der Waals surface area contributed by atoms with Crippen LogP contribution in [0.15, 0.2) is 11.4 Å². The zero-order valence-corrected chi connectivity index (χ0v) is 11.0. The van der Waals surface area contributed by atoms with Crippen molar-refractivity contribution in [3.8, 4) is 0 Å². The van der Waals surface area contributed by atoms with Gasteiger partial charge >= 0.3 is 0 Å². The normalized spacial score (nSPS) is 11.7. The molecule has 16 heavy (non-hydrogen) atoms. The third kappa shape index (κ3) is 3.94. The van der Waals surface area contributed by atoms with Gasteiger partial charge in [0.15, 0.2) is 0 Å². The van der Waals surface area contributed by atoms with Crippen LogP contribution in [0.25, 0.3) is 0 Å². The van der Waals surface area contributed by atoms with Gasteiger partial charge in [-0.05, 0) is 17.9 Å². The largest absolute Gasteiger partial charge is 0.366 e. The number of carbonyl (C=O) groups excluding carboxylic acids is 1. The summed E-state index contributed by atoms with van der Waals surface area (Å²) in [4.78, 5) is 12.1. The predicted octanol–water partition coefficient (Wildman–Crippen LogP) is 2.37. The van der Waals surface area contributed by atoms with E-state index in [1.165, 1.54) is 0 Å². The Hall–Kier alpha value is -0.870. The summed E-state index contributed by atoms with van der Waals surface area (Å²) in [5.41, 5.74) is 6.12. The number of nitrogens with two attached hydrogens (primary N) is 1. The Morgan fingerprint density at radius 1 is 1.56 bits per heavy atom. The Morgan fingerprint density at radius 2 is 2.25 bits per heavy atom. The van der Waals surface area contributed by atoms with Crippen molar-refractivity contribution in [3.05, 3.63) is 21.9 Å². The second-order valence-corrected chi connectivity index (χ2v) is 5.78. The number of thiophene rings is 1. The van der Waals surface area contributed by atoms with Crippen molar-refractivity contribution < 1.29 is 4.79 Å². The standard InChI is InChI=1S/C12H20N2OS/c1-4-12(2,3)8-14-6-10-5-9(7-16-10)11(13)15/h5,7,14H,4,6,8H2,1-3H3,(H2,13,15). The van der Waals surface area contributed by atoms with Gasteiger partial charge in [-0.15, -0.1) is 11.3 Å². The average molecular weight is 240 g/mol. The first-order chi connectivity index (χ1) is 7.44. The van der Waals surface area contributed by atoms with Crippen molar-refractivity contribution in [2.24, 2.45) is 11.1 Å². The molecule has 0 saturated carbocycles. The van der Waals surface area contributed by atoms with E-state index >= 15 is 0 Å². The van der Waals surface area contributed by atoms with Gasteiger partial charge < -0.3 is 11.1 Å². The maximum Gasteiger partial charge on any atom is 0.249 e. The highest BCUT2D eigenvalue weighted by Gasteiger charge is 2.14. The first kappa shape index (κ1) is 13.2. The van der Waals surface area contributed by atoms with E-state index in [1.807, 2.05) is 11.4 Å². The molecule has 0 aliphatic rings. The summed E-state index contributed by atoms with van der Waals surface area (Å²) >= 11 is 1.57. The molecule has 1 rings (SSSR count). The third-order valence-corrected chi connectivity index (χ3v) is 3.73. The molecule has 1 heterocycles. The fourth-order valence-corrected chi connectivity index (χ4v) is 2.09. The van der Waals surface area contributed by atoms with Gasteiger partial charge in [-0.2, -0.15) is 0 Å². The SMILES string of the molecule is CCC(C)(C)CNCc1cc(C(N)=O)cs1. The first-order valence-corrected chi connectivity index (χ1v) is 6.40. The van der Waals surface area contributed by atoms with Crippen LogP contribution in [0.2, 0.25) is 0 Å². The van der Waals surface area contributed by atoms with Crippen LogP contribution < -0.4 is 11.1 Å². The van der Waals surface area contributed by atoms with E-state index in [0.29, 0.717) is 11.0 Å². The summed E-state index contributed by atoms with van der Waals surface area (Å²) in [6, 6.07) is 1.86. The smallest absolute Gasteiger partial charge is 0.249 e. The zero-order valence-electron chi connectivity index (χ0n) is 10.2. The molecule has 90 valence electrons. The first-order valence-electron chi connectivity index (χ1n) is 5.52. The molecule has 0 aliphatic heterocycles. The Kier molecular flexibility index (Phi) is 4.50. The van der Waals surface area contributed by atoms with Gasteiger partial charge in [0.25, 0.3) is 0 Å². The number of hydrogen-bond donors (Lipinski definition) is 2. The lowest BCUT2D eigenvalue weighted by Crippen LogP contribution is -2.28. The second kappa shape index (κ2) is 5.46. The van der Waals surface area contributed by atoms with Gasteiger partial charge in [0.05, 0.1) is 5.56 Å². The minimum absolute atomic E-state index is 0.323. The molecular formula is C12H20N2OS. The van der Waals surface area contributed by atoms with Crippen molar-refractivity contribution in [3.63, 3.8) is 0 Å². The molecule has 1 aromatic rings. The summed E-state index contributed by atoms with van der Waals surface area (Å²) in [6.45, 7) is 8.46. The van der Waals surface area contributed by atoms with Gasteiger partial charge in [0.1, 0.15) is 0 Å². The van der Waals surface area contributed by atoms with Gasteiger partial charge in [-0.3, -0.25) is 4.79 Å². The summed E-state index contributed by atoms with van der Waals surface area (Å²) in [5.74, 6) is -0.351. The van der Waals surface area contributed by atoms with E-state index in [-0.39, 0.29) is 5.91 Å². The molecule has 3 nitrogen and oxygen atoms in total. The van der Waals surface area contributed by atoms with E-state index in [1.54, 1.807) is 11.3 Å². The number of rotatable bonds is 6.